The Bertz CT molecular complexity index is 1010. The van der Waals surface area contributed by atoms with Crippen molar-refractivity contribution in [3.8, 4) is 0 Å². The van der Waals surface area contributed by atoms with Crippen LogP contribution in [0.25, 0.3) is 0 Å². The van der Waals surface area contributed by atoms with Crippen molar-refractivity contribution in [2.75, 3.05) is 6.61 Å². The Labute approximate surface area is 406 Å². The van der Waals surface area contributed by atoms with Crippen molar-refractivity contribution < 1.29 is 20.1 Å². The maximum absolute atomic E-state index is 12.6. The molecule has 0 aromatic rings. The number of allylic oxidation sites excluding steroid dienone is 5. The number of carbonyl (C=O) groups is 1. The minimum atomic E-state index is -1.10. The highest BCUT2D eigenvalue weighted by Crippen LogP contribution is 2.17. The highest BCUT2D eigenvalue weighted by atomic mass is 16.3. The smallest absolute Gasteiger partial charge is 0.249 e. The van der Waals surface area contributed by atoms with Crippen LogP contribution in [0.3, 0.4) is 0 Å². The van der Waals surface area contributed by atoms with E-state index in [1.54, 1.807) is 6.08 Å². The van der Waals surface area contributed by atoms with Gasteiger partial charge in [-0.2, -0.15) is 0 Å². The van der Waals surface area contributed by atoms with Gasteiger partial charge < -0.3 is 20.6 Å². The molecule has 0 fully saturated rings. The molecule has 0 saturated carbocycles. The van der Waals surface area contributed by atoms with Gasteiger partial charge in [0.05, 0.1) is 18.8 Å². The molecule has 5 nitrogen and oxygen atoms in total. The van der Waals surface area contributed by atoms with Gasteiger partial charge in [-0.3, -0.25) is 4.79 Å². The number of aliphatic hydroxyl groups excluding tert-OH is 3. The Morgan fingerprint density at radius 1 is 0.385 bits per heavy atom. The van der Waals surface area contributed by atoms with Crippen LogP contribution in [0.2, 0.25) is 0 Å². The molecule has 5 heteroatoms. The summed E-state index contributed by atoms with van der Waals surface area (Å²) >= 11 is 0. The minimum absolute atomic E-state index is 0.362. The van der Waals surface area contributed by atoms with Crippen molar-refractivity contribution in [3.63, 3.8) is 0 Å². The zero-order valence-corrected chi connectivity index (χ0v) is 43.9. The average molecular weight is 915 g/mol. The second kappa shape index (κ2) is 55.2. The molecule has 0 spiro atoms. The molecule has 0 rings (SSSR count). The predicted molar refractivity (Wildman–Crippen MR) is 287 cm³/mol. The summed E-state index contributed by atoms with van der Waals surface area (Å²) in [5, 5.41) is 33.4. The summed E-state index contributed by atoms with van der Waals surface area (Å²) in [5.41, 5.74) is 0. The van der Waals surface area contributed by atoms with E-state index < -0.39 is 24.2 Å². The Hall–Kier alpha value is -1.43. The van der Waals surface area contributed by atoms with E-state index in [1.807, 2.05) is 6.08 Å². The number of hydrogen-bond acceptors (Lipinski definition) is 4. The predicted octanol–water partition coefficient (Wildman–Crippen LogP) is 18.2. The van der Waals surface area contributed by atoms with Gasteiger partial charge in [0, 0.05) is 0 Å². The zero-order valence-electron chi connectivity index (χ0n) is 43.9. The third kappa shape index (κ3) is 50.3. The van der Waals surface area contributed by atoms with Crippen LogP contribution in [0.1, 0.15) is 316 Å². The first kappa shape index (κ1) is 63.6. The van der Waals surface area contributed by atoms with Crippen LogP contribution in [-0.4, -0.2) is 46.1 Å². The molecule has 3 atom stereocenters. The fourth-order valence-corrected chi connectivity index (χ4v) is 9.16. The van der Waals surface area contributed by atoms with Gasteiger partial charge in [-0.05, 0) is 51.4 Å². The van der Waals surface area contributed by atoms with Gasteiger partial charge in [0.25, 0.3) is 0 Å². The molecule has 0 bridgehead atoms. The van der Waals surface area contributed by atoms with Gasteiger partial charge in [-0.15, -0.1) is 0 Å². The highest BCUT2D eigenvalue weighted by Gasteiger charge is 2.22. The molecule has 0 aliphatic carbocycles. The number of rotatable bonds is 54. The first-order chi connectivity index (χ1) is 32.1. The first-order valence-electron chi connectivity index (χ1n) is 29.3. The summed E-state index contributed by atoms with van der Waals surface area (Å²) in [6.07, 6.45) is 72.3. The van der Waals surface area contributed by atoms with Crippen LogP contribution in [0, 0.1) is 0 Å². The highest BCUT2D eigenvalue weighted by molar-refractivity contribution is 5.80. The SMILES string of the molecule is CCCCCCCCCCC/C=C\C/C=C\CCCCCCCCCCCCCCC(O)C(=O)NC(CO)C(O)/C=C/CCCCCCCCCCCCCCCCCCCCCCC. The number of carbonyl (C=O) groups excluding carboxylic acids is 1. The minimum Gasteiger partial charge on any atom is -0.394 e. The number of amides is 1. The molecule has 0 aromatic carbocycles. The lowest BCUT2D eigenvalue weighted by atomic mass is 10.0. The molecule has 1 amide bonds. The fourth-order valence-electron chi connectivity index (χ4n) is 9.16. The molecule has 4 N–H and O–H groups in total. The van der Waals surface area contributed by atoms with Gasteiger partial charge >= 0.3 is 0 Å². The van der Waals surface area contributed by atoms with E-state index >= 15 is 0 Å². The summed E-state index contributed by atoms with van der Waals surface area (Å²) in [7, 11) is 0. The van der Waals surface area contributed by atoms with Crippen molar-refractivity contribution in [2.24, 2.45) is 0 Å². The molecule has 0 radical (unpaired) electrons. The van der Waals surface area contributed by atoms with Crippen LogP contribution in [0.4, 0.5) is 0 Å². The summed E-state index contributed by atoms with van der Waals surface area (Å²) in [6.45, 7) is 4.22. The second-order valence-corrected chi connectivity index (χ2v) is 20.2. The molecule has 0 aliphatic heterocycles. The molecule has 0 heterocycles. The van der Waals surface area contributed by atoms with E-state index in [0.29, 0.717) is 6.42 Å². The van der Waals surface area contributed by atoms with E-state index in [-0.39, 0.29) is 6.61 Å². The Balaban J connectivity index is 3.57. The second-order valence-electron chi connectivity index (χ2n) is 20.2. The summed E-state index contributed by atoms with van der Waals surface area (Å²) in [5.74, 6) is -0.500. The summed E-state index contributed by atoms with van der Waals surface area (Å²) < 4.78 is 0. The van der Waals surface area contributed by atoms with E-state index in [1.165, 1.54) is 257 Å². The quantitative estimate of drug-likeness (QED) is 0.0361. The van der Waals surface area contributed by atoms with Gasteiger partial charge in [0.1, 0.15) is 6.10 Å². The zero-order chi connectivity index (χ0) is 47.2. The molecule has 0 aromatic heterocycles. The maximum Gasteiger partial charge on any atom is 0.249 e. The van der Waals surface area contributed by atoms with Crippen molar-refractivity contribution in [1.82, 2.24) is 5.32 Å². The van der Waals surface area contributed by atoms with Crippen molar-refractivity contribution in [2.45, 2.75) is 334 Å². The topological polar surface area (TPSA) is 89.8 Å². The van der Waals surface area contributed by atoms with Crippen molar-refractivity contribution in [3.05, 3.63) is 36.5 Å². The normalized spacial score (nSPS) is 13.5. The molecular formula is C60H115NO4. The molecule has 0 aliphatic rings. The fraction of sp³-hybridized carbons (Fsp3) is 0.883. The van der Waals surface area contributed by atoms with E-state index in [2.05, 4.69) is 43.5 Å². The van der Waals surface area contributed by atoms with E-state index in [0.717, 1.165) is 38.5 Å². The Morgan fingerprint density at radius 2 is 0.662 bits per heavy atom. The number of aliphatic hydroxyl groups is 3. The van der Waals surface area contributed by atoms with Gasteiger partial charge in [-0.1, -0.05) is 301 Å². The maximum atomic E-state index is 12.6. The monoisotopic (exact) mass is 914 g/mol. The van der Waals surface area contributed by atoms with Crippen LogP contribution in [0.5, 0.6) is 0 Å². The average Bonchev–Trinajstić information content (AvgIpc) is 3.31. The van der Waals surface area contributed by atoms with Crippen LogP contribution in [-0.2, 0) is 4.79 Å². The van der Waals surface area contributed by atoms with Gasteiger partial charge in [0.2, 0.25) is 5.91 Å². The molecule has 3 unspecified atom stereocenters. The van der Waals surface area contributed by atoms with Crippen LogP contribution >= 0.6 is 0 Å². The lowest BCUT2D eigenvalue weighted by Gasteiger charge is -2.21. The number of nitrogens with one attached hydrogen (secondary N) is 1. The van der Waals surface area contributed by atoms with Crippen molar-refractivity contribution in [1.29, 1.82) is 0 Å². The largest absolute Gasteiger partial charge is 0.394 e. The lowest BCUT2D eigenvalue weighted by molar-refractivity contribution is -0.131. The third-order valence-electron chi connectivity index (χ3n) is 13.7. The van der Waals surface area contributed by atoms with Crippen molar-refractivity contribution >= 4 is 5.91 Å². The van der Waals surface area contributed by atoms with E-state index in [9.17, 15) is 20.1 Å². The number of unbranched alkanes of at least 4 members (excludes halogenated alkanes) is 42. The summed E-state index contributed by atoms with van der Waals surface area (Å²) in [4.78, 5) is 12.6. The lowest BCUT2D eigenvalue weighted by Crippen LogP contribution is -2.48. The van der Waals surface area contributed by atoms with Crippen LogP contribution < -0.4 is 5.32 Å². The molecule has 65 heavy (non-hydrogen) atoms. The van der Waals surface area contributed by atoms with Gasteiger partial charge in [-0.25, -0.2) is 0 Å². The molecular weight excluding hydrogens is 799 g/mol. The standard InChI is InChI=1S/C60H115NO4/c1-3-5-7-9-11-13-15-17-19-21-23-25-27-28-29-30-31-33-35-37-39-41-43-45-47-49-51-53-55-59(64)60(65)61-57(56-62)58(63)54-52-50-48-46-44-42-40-38-36-34-32-26-24-22-20-18-16-14-12-10-8-6-4-2/h23,25,28-29,52,54,57-59,62-64H,3-22,24,26-27,30-51,53,55-56H2,1-2H3,(H,61,65)/b25-23-,29-28-,54-52+. The molecule has 0 saturated heterocycles. The van der Waals surface area contributed by atoms with E-state index in [4.69, 9.17) is 0 Å². The summed E-state index contributed by atoms with van der Waals surface area (Å²) in [6, 6.07) is -0.799. The Morgan fingerprint density at radius 3 is 0.969 bits per heavy atom. The Kier molecular flexibility index (Phi) is 54.0. The number of hydrogen-bond donors (Lipinski definition) is 4. The van der Waals surface area contributed by atoms with Gasteiger partial charge in [0.15, 0.2) is 0 Å². The molecule has 384 valence electrons. The van der Waals surface area contributed by atoms with Crippen LogP contribution in [0.15, 0.2) is 36.5 Å². The third-order valence-corrected chi connectivity index (χ3v) is 13.7. The first-order valence-corrected chi connectivity index (χ1v) is 29.3.